The molecule has 0 spiro atoms. The maximum atomic E-state index is 12.8. The van der Waals surface area contributed by atoms with Crippen molar-refractivity contribution in [2.24, 2.45) is 0 Å². The molecule has 0 atom stereocenters. The molecule has 6 nitrogen and oxygen atoms in total. The lowest BCUT2D eigenvalue weighted by Crippen LogP contribution is -2.14. The van der Waals surface area contributed by atoms with Gasteiger partial charge in [-0.3, -0.25) is 9.59 Å². The maximum Gasteiger partial charge on any atom is 0.344 e. The Morgan fingerprint density at radius 2 is 1.36 bits per heavy atom. The summed E-state index contributed by atoms with van der Waals surface area (Å²) in [4.78, 5) is 37.9. The van der Waals surface area contributed by atoms with Crippen molar-refractivity contribution >= 4 is 34.2 Å². The number of carbonyl (C=O) groups is 2. The molecule has 0 bridgehead atoms. The Balaban J connectivity index is 1.30. The van der Waals surface area contributed by atoms with Crippen LogP contribution in [0.5, 0.6) is 0 Å². The van der Waals surface area contributed by atoms with Crippen molar-refractivity contribution in [3.8, 4) is 11.1 Å². The molecule has 0 radical (unpaired) electrons. The largest absolute Gasteiger partial charge is 0.422 e. The van der Waals surface area contributed by atoms with Crippen molar-refractivity contribution < 1.29 is 14.0 Å². The molecular weight excluding hydrogens is 452 g/mol. The van der Waals surface area contributed by atoms with Crippen LogP contribution in [0.25, 0.3) is 22.1 Å². The van der Waals surface area contributed by atoms with E-state index < -0.39 is 5.63 Å². The van der Waals surface area contributed by atoms with Gasteiger partial charge in [0.15, 0.2) is 0 Å². The van der Waals surface area contributed by atoms with E-state index in [1.807, 2.05) is 43.3 Å². The van der Waals surface area contributed by atoms with Crippen LogP contribution in [0.15, 0.2) is 112 Å². The fraction of sp³-hybridized carbons (Fsp3) is 0.0333. The number of benzene rings is 4. The molecule has 0 unspecified atom stereocenters. The third kappa shape index (κ3) is 4.79. The molecule has 0 fully saturated rings. The van der Waals surface area contributed by atoms with Gasteiger partial charge >= 0.3 is 5.63 Å². The topological polar surface area (TPSA) is 88.4 Å². The number of carbonyl (C=O) groups excluding carboxylic acids is 2. The van der Waals surface area contributed by atoms with E-state index in [4.69, 9.17) is 4.42 Å². The predicted octanol–water partition coefficient (Wildman–Crippen LogP) is 6.27. The summed E-state index contributed by atoms with van der Waals surface area (Å²) in [7, 11) is 0. The molecule has 36 heavy (non-hydrogen) atoms. The molecule has 4 aromatic carbocycles. The Bertz CT molecular complexity index is 1650. The lowest BCUT2D eigenvalue weighted by atomic mass is 10.0. The van der Waals surface area contributed by atoms with E-state index in [-0.39, 0.29) is 11.8 Å². The second kappa shape index (κ2) is 9.72. The van der Waals surface area contributed by atoms with E-state index in [0.29, 0.717) is 39.2 Å². The zero-order valence-electron chi connectivity index (χ0n) is 19.4. The highest BCUT2D eigenvalue weighted by atomic mass is 16.4. The third-order valence-corrected chi connectivity index (χ3v) is 5.87. The summed E-state index contributed by atoms with van der Waals surface area (Å²) in [5, 5.41) is 6.54. The van der Waals surface area contributed by atoms with Crippen LogP contribution < -0.4 is 16.3 Å². The molecule has 1 heterocycles. The lowest BCUT2D eigenvalue weighted by molar-refractivity contribution is 0.101. The number of hydrogen-bond acceptors (Lipinski definition) is 4. The molecule has 0 aliphatic heterocycles. The minimum absolute atomic E-state index is 0.217. The van der Waals surface area contributed by atoms with Gasteiger partial charge in [0.2, 0.25) is 0 Å². The zero-order valence-corrected chi connectivity index (χ0v) is 19.4. The van der Waals surface area contributed by atoms with Gasteiger partial charge in [0.05, 0.1) is 5.56 Å². The minimum atomic E-state index is -0.435. The van der Waals surface area contributed by atoms with Crippen molar-refractivity contribution in [2.45, 2.75) is 6.92 Å². The molecule has 0 saturated heterocycles. The highest BCUT2D eigenvalue weighted by Crippen LogP contribution is 2.22. The van der Waals surface area contributed by atoms with Crippen LogP contribution in [-0.2, 0) is 0 Å². The van der Waals surface area contributed by atoms with Crippen LogP contribution in [0.4, 0.5) is 11.4 Å². The van der Waals surface area contributed by atoms with E-state index in [2.05, 4.69) is 10.6 Å². The fourth-order valence-corrected chi connectivity index (χ4v) is 3.97. The van der Waals surface area contributed by atoms with E-state index in [1.54, 1.807) is 66.7 Å². The van der Waals surface area contributed by atoms with Crippen molar-refractivity contribution in [1.29, 1.82) is 0 Å². The summed E-state index contributed by atoms with van der Waals surface area (Å²) in [6.45, 7) is 1.88. The Morgan fingerprint density at radius 3 is 2.11 bits per heavy atom. The van der Waals surface area contributed by atoms with Crippen molar-refractivity contribution in [2.75, 3.05) is 10.6 Å². The summed E-state index contributed by atoms with van der Waals surface area (Å²) in [5.41, 5.74) is 4.19. The Hall–Kier alpha value is -4.97. The fourth-order valence-electron chi connectivity index (χ4n) is 3.97. The molecule has 2 amide bonds. The van der Waals surface area contributed by atoms with Crippen LogP contribution >= 0.6 is 0 Å². The Kier molecular flexibility index (Phi) is 6.16. The second-order valence-corrected chi connectivity index (χ2v) is 8.37. The molecule has 1 aromatic heterocycles. The van der Waals surface area contributed by atoms with E-state index >= 15 is 0 Å². The van der Waals surface area contributed by atoms with Crippen LogP contribution in [0.2, 0.25) is 0 Å². The Morgan fingerprint density at radius 1 is 0.694 bits per heavy atom. The number of nitrogens with one attached hydrogen (secondary N) is 2. The summed E-state index contributed by atoms with van der Waals surface area (Å²) in [5.74, 6) is -0.528. The van der Waals surface area contributed by atoms with Crippen molar-refractivity contribution in [1.82, 2.24) is 0 Å². The van der Waals surface area contributed by atoms with Crippen LogP contribution in [0.1, 0.15) is 26.3 Å². The molecule has 0 aliphatic carbocycles. The number of anilines is 2. The first-order valence-corrected chi connectivity index (χ1v) is 11.4. The molecule has 5 aromatic rings. The van der Waals surface area contributed by atoms with Gasteiger partial charge in [-0.05, 0) is 66.6 Å². The van der Waals surface area contributed by atoms with Gasteiger partial charge in [0, 0.05) is 27.9 Å². The quantitative estimate of drug-likeness (QED) is 0.294. The summed E-state index contributed by atoms with van der Waals surface area (Å²) < 4.78 is 5.41. The standard InChI is InChI=1S/C30H22N2O4/c1-19-7-2-4-11-25(19)29(34)32-24-10-6-9-23(18-24)31-28(33)21-15-13-20(14-16-21)26-17-22-8-3-5-12-27(22)36-30(26)35/h2-18H,1H3,(H,31,33)(H,32,34). The number of rotatable bonds is 5. The minimum Gasteiger partial charge on any atom is -0.422 e. The number of amides is 2. The average Bonchev–Trinajstić information content (AvgIpc) is 2.89. The summed E-state index contributed by atoms with van der Waals surface area (Å²) in [6.07, 6.45) is 0. The van der Waals surface area contributed by atoms with Gasteiger partial charge in [-0.25, -0.2) is 4.79 Å². The molecule has 6 heteroatoms. The first-order chi connectivity index (χ1) is 17.5. The van der Waals surface area contributed by atoms with E-state index in [1.165, 1.54) is 0 Å². The number of hydrogen-bond donors (Lipinski definition) is 2. The monoisotopic (exact) mass is 474 g/mol. The second-order valence-electron chi connectivity index (χ2n) is 8.37. The van der Waals surface area contributed by atoms with Gasteiger partial charge in [-0.1, -0.05) is 54.6 Å². The molecule has 0 aliphatic rings. The van der Waals surface area contributed by atoms with Crippen molar-refractivity contribution in [3.05, 3.63) is 130 Å². The average molecular weight is 475 g/mol. The van der Waals surface area contributed by atoms with Crippen molar-refractivity contribution in [3.63, 3.8) is 0 Å². The number of fused-ring (bicyclic) bond motifs is 1. The molecule has 5 rings (SSSR count). The Labute approximate surface area is 207 Å². The first-order valence-electron chi connectivity index (χ1n) is 11.4. The van der Waals surface area contributed by atoms with Crippen LogP contribution in [-0.4, -0.2) is 11.8 Å². The smallest absolute Gasteiger partial charge is 0.344 e. The third-order valence-electron chi connectivity index (χ3n) is 5.87. The van der Waals surface area contributed by atoms with Gasteiger partial charge in [-0.2, -0.15) is 0 Å². The zero-order chi connectivity index (χ0) is 25.1. The van der Waals surface area contributed by atoms with Gasteiger partial charge < -0.3 is 15.1 Å². The lowest BCUT2D eigenvalue weighted by Gasteiger charge is -2.10. The van der Waals surface area contributed by atoms with E-state index in [9.17, 15) is 14.4 Å². The normalized spacial score (nSPS) is 10.7. The molecular formula is C30H22N2O4. The highest BCUT2D eigenvalue weighted by molar-refractivity contribution is 6.07. The summed E-state index contributed by atoms with van der Waals surface area (Å²) in [6, 6.07) is 30.1. The number of aryl methyl sites for hydroxylation is 1. The van der Waals surface area contributed by atoms with Gasteiger partial charge in [-0.15, -0.1) is 0 Å². The van der Waals surface area contributed by atoms with Gasteiger partial charge in [0.25, 0.3) is 11.8 Å². The van der Waals surface area contributed by atoms with E-state index in [0.717, 1.165) is 10.9 Å². The first kappa shape index (κ1) is 22.8. The van der Waals surface area contributed by atoms with Crippen LogP contribution in [0.3, 0.4) is 0 Å². The summed E-state index contributed by atoms with van der Waals surface area (Å²) >= 11 is 0. The molecule has 2 N–H and O–H groups in total. The van der Waals surface area contributed by atoms with Gasteiger partial charge in [0.1, 0.15) is 5.58 Å². The van der Waals surface area contributed by atoms with Crippen LogP contribution in [0, 0.1) is 6.92 Å². The molecule has 176 valence electrons. The SMILES string of the molecule is Cc1ccccc1C(=O)Nc1cccc(NC(=O)c2ccc(-c3cc4ccccc4oc3=O)cc2)c1. The highest BCUT2D eigenvalue weighted by Gasteiger charge is 2.12. The number of para-hydroxylation sites is 1. The maximum absolute atomic E-state index is 12.8. The predicted molar refractivity (Wildman–Crippen MR) is 141 cm³/mol. The molecule has 0 saturated carbocycles.